The molecular formula is C20H33N5O4S. The second-order valence-corrected chi connectivity index (χ2v) is 10.4. The normalized spacial score (nSPS) is 25.4. The molecule has 1 unspecified atom stereocenters. The molecule has 9 nitrogen and oxygen atoms in total. The number of nitrogens with one attached hydrogen (secondary N) is 1. The van der Waals surface area contributed by atoms with Gasteiger partial charge in [-0.25, -0.2) is 27.9 Å². The minimum absolute atomic E-state index is 0.221. The number of aromatic nitrogens is 2. The highest BCUT2D eigenvalue weighted by molar-refractivity contribution is 7.88. The summed E-state index contributed by atoms with van der Waals surface area (Å²) in [5.74, 6) is 1.02. The zero-order chi connectivity index (χ0) is 21.7. The molecule has 2 saturated heterocycles. The lowest BCUT2D eigenvalue weighted by atomic mass is 9.85. The number of amides is 1. The number of ether oxygens (including phenoxy) is 1. The van der Waals surface area contributed by atoms with E-state index in [1.54, 1.807) is 23.4 Å². The predicted octanol–water partition coefficient (Wildman–Crippen LogP) is 2.01. The van der Waals surface area contributed by atoms with Crippen molar-refractivity contribution in [2.45, 2.75) is 64.1 Å². The van der Waals surface area contributed by atoms with Crippen LogP contribution in [0.3, 0.4) is 0 Å². The monoisotopic (exact) mass is 439 g/mol. The van der Waals surface area contributed by atoms with E-state index in [-0.39, 0.29) is 24.3 Å². The summed E-state index contributed by atoms with van der Waals surface area (Å²) in [5, 5.41) is 0. The van der Waals surface area contributed by atoms with Crippen LogP contribution < -0.4 is 9.62 Å². The highest BCUT2D eigenvalue weighted by Crippen LogP contribution is 2.30. The van der Waals surface area contributed by atoms with Gasteiger partial charge in [-0.15, -0.1) is 0 Å². The number of piperidine rings is 2. The Hall–Kier alpha value is -1.94. The number of hydrogen-bond acceptors (Lipinski definition) is 7. The van der Waals surface area contributed by atoms with Crippen LogP contribution in [0.5, 0.6) is 0 Å². The molecule has 1 aromatic rings. The zero-order valence-electron chi connectivity index (χ0n) is 18.0. The van der Waals surface area contributed by atoms with Crippen LogP contribution in [0.2, 0.25) is 0 Å². The molecule has 2 aliphatic rings. The predicted molar refractivity (Wildman–Crippen MR) is 115 cm³/mol. The molecule has 1 amide bonds. The summed E-state index contributed by atoms with van der Waals surface area (Å²) in [6.07, 6.45) is 8.26. The Morgan fingerprint density at radius 1 is 1.23 bits per heavy atom. The van der Waals surface area contributed by atoms with E-state index >= 15 is 0 Å². The lowest BCUT2D eigenvalue weighted by Gasteiger charge is -2.43. The average molecular weight is 440 g/mol. The van der Waals surface area contributed by atoms with Gasteiger partial charge in [-0.2, -0.15) is 0 Å². The van der Waals surface area contributed by atoms with E-state index in [1.165, 1.54) is 6.26 Å². The molecule has 10 heteroatoms. The van der Waals surface area contributed by atoms with Crippen molar-refractivity contribution in [2.75, 3.05) is 30.8 Å². The first kappa shape index (κ1) is 22.7. The standard InChI is InChI=1S/C20H33N5O4S/c1-15(2)29-20(26)25-12-5-8-17(23-30(3,27)28)18(25)13-16-7-4-11-24(14-16)19-21-9-6-10-22-19/h6,9-10,15-18,23H,4-5,7-8,11-14H2,1-3H3/t16?,17-,18-/m1/s1. The highest BCUT2D eigenvalue weighted by atomic mass is 32.2. The van der Waals surface area contributed by atoms with Crippen molar-refractivity contribution in [2.24, 2.45) is 5.92 Å². The number of carbonyl (C=O) groups excluding carboxylic acids is 1. The molecule has 0 radical (unpaired) electrons. The van der Waals surface area contributed by atoms with Crippen molar-refractivity contribution < 1.29 is 17.9 Å². The smallest absolute Gasteiger partial charge is 0.410 e. The lowest BCUT2D eigenvalue weighted by molar-refractivity contribution is 0.0392. The third-order valence-corrected chi connectivity index (χ3v) is 6.38. The minimum atomic E-state index is -3.38. The fourth-order valence-electron chi connectivity index (χ4n) is 4.49. The van der Waals surface area contributed by atoms with Crippen LogP contribution in [0.1, 0.15) is 46.0 Å². The van der Waals surface area contributed by atoms with E-state index in [0.717, 1.165) is 32.4 Å². The molecule has 0 saturated carbocycles. The Morgan fingerprint density at radius 3 is 2.60 bits per heavy atom. The number of likely N-dealkylation sites (tertiary alicyclic amines) is 1. The molecule has 168 valence electrons. The molecule has 3 rings (SSSR count). The van der Waals surface area contributed by atoms with Crippen molar-refractivity contribution in [3.05, 3.63) is 18.5 Å². The van der Waals surface area contributed by atoms with E-state index < -0.39 is 10.0 Å². The van der Waals surface area contributed by atoms with Crippen LogP contribution in [0.15, 0.2) is 18.5 Å². The molecule has 3 heterocycles. The summed E-state index contributed by atoms with van der Waals surface area (Å²) in [7, 11) is -3.38. The topological polar surface area (TPSA) is 105 Å². The Morgan fingerprint density at radius 2 is 1.93 bits per heavy atom. The summed E-state index contributed by atoms with van der Waals surface area (Å²) in [4.78, 5) is 25.4. The second-order valence-electron chi connectivity index (χ2n) is 8.57. The van der Waals surface area contributed by atoms with Gasteiger partial charge in [0.15, 0.2) is 0 Å². The first-order valence-electron chi connectivity index (χ1n) is 10.7. The van der Waals surface area contributed by atoms with Crippen molar-refractivity contribution >= 4 is 22.1 Å². The summed E-state index contributed by atoms with van der Waals surface area (Å²) in [5.41, 5.74) is 0. The Kier molecular flexibility index (Phi) is 7.51. The summed E-state index contributed by atoms with van der Waals surface area (Å²) in [6.45, 7) is 5.91. The largest absolute Gasteiger partial charge is 0.447 e. The van der Waals surface area contributed by atoms with Gasteiger partial charge in [0.05, 0.1) is 18.4 Å². The van der Waals surface area contributed by atoms with Gasteiger partial charge in [-0.05, 0) is 57.9 Å². The Balaban J connectivity index is 1.76. The van der Waals surface area contributed by atoms with Crippen molar-refractivity contribution in [3.8, 4) is 0 Å². The van der Waals surface area contributed by atoms with Gasteiger partial charge >= 0.3 is 6.09 Å². The number of nitrogens with zero attached hydrogens (tertiary/aromatic N) is 4. The molecule has 0 spiro atoms. The van der Waals surface area contributed by atoms with Crippen LogP contribution in [0.25, 0.3) is 0 Å². The van der Waals surface area contributed by atoms with Gasteiger partial charge < -0.3 is 14.5 Å². The average Bonchev–Trinajstić information content (AvgIpc) is 2.68. The van der Waals surface area contributed by atoms with E-state index in [1.807, 2.05) is 13.8 Å². The Bertz CT molecular complexity index is 805. The Labute approximate surface area is 179 Å². The van der Waals surface area contributed by atoms with Gasteiger partial charge in [0.1, 0.15) is 0 Å². The van der Waals surface area contributed by atoms with Gasteiger partial charge in [0, 0.05) is 38.1 Å². The number of carbonyl (C=O) groups is 1. The van der Waals surface area contributed by atoms with Crippen molar-refractivity contribution in [1.29, 1.82) is 0 Å². The van der Waals surface area contributed by atoms with Crippen LogP contribution in [-0.4, -0.2) is 73.5 Å². The third kappa shape index (κ3) is 6.28. The van der Waals surface area contributed by atoms with Crippen LogP contribution in [-0.2, 0) is 14.8 Å². The third-order valence-electron chi connectivity index (χ3n) is 5.64. The number of sulfonamides is 1. The summed E-state index contributed by atoms with van der Waals surface area (Å²) in [6, 6.07) is 1.25. The zero-order valence-corrected chi connectivity index (χ0v) is 18.8. The highest BCUT2D eigenvalue weighted by Gasteiger charge is 2.39. The maximum atomic E-state index is 12.8. The molecule has 0 bridgehead atoms. The maximum absolute atomic E-state index is 12.8. The quantitative estimate of drug-likeness (QED) is 0.723. The van der Waals surface area contributed by atoms with Gasteiger partial charge in [0.2, 0.25) is 16.0 Å². The van der Waals surface area contributed by atoms with Gasteiger partial charge in [-0.3, -0.25) is 0 Å². The van der Waals surface area contributed by atoms with Crippen LogP contribution in [0, 0.1) is 5.92 Å². The van der Waals surface area contributed by atoms with E-state index in [2.05, 4.69) is 19.6 Å². The number of anilines is 1. The summed E-state index contributed by atoms with van der Waals surface area (Å²) < 4.78 is 32.1. The molecular weight excluding hydrogens is 406 g/mol. The van der Waals surface area contributed by atoms with E-state index in [9.17, 15) is 13.2 Å². The van der Waals surface area contributed by atoms with Gasteiger partial charge in [-0.1, -0.05) is 0 Å². The van der Waals surface area contributed by atoms with E-state index in [4.69, 9.17) is 4.74 Å². The molecule has 1 N–H and O–H groups in total. The number of rotatable bonds is 6. The lowest BCUT2D eigenvalue weighted by Crippen LogP contribution is -2.58. The minimum Gasteiger partial charge on any atom is -0.447 e. The molecule has 0 aromatic carbocycles. The first-order chi connectivity index (χ1) is 14.2. The number of hydrogen-bond donors (Lipinski definition) is 1. The SMILES string of the molecule is CC(C)OC(=O)N1CCC[C@@H](NS(C)(=O)=O)[C@H]1CC1CCCN(c2ncccn2)C1. The molecule has 0 aliphatic carbocycles. The van der Waals surface area contributed by atoms with Crippen LogP contribution >= 0.6 is 0 Å². The summed E-state index contributed by atoms with van der Waals surface area (Å²) >= 11 is 0. The van der Waals surface area contributed by atoms with Crippen molar-refractivity contribution in [3.63, 3.8) is 0 Å². The van der Waals surface area contributed by atoms with Crippen LogP contribution in [0.4, 0.5) is 10.7 Å². The molecule has 2 aliphatic heterocycles. The first-order valence-corrected chi connectivity index (χ1v) is 12.6. The molecule has 3 atom stereocenters. The second kappa shape index (κ2) is 9.91. The van der Waals surface area contributed by atoms with Crippen molar-refractivity contribution in [1.82, 2.24) is 19.6 Å². The fourth-order valence-corrected chi connectivity index (χ4v) is 5.32. The molecule has 2 fully saturated rings. The molecule has 1 aromatic heterocycles. The fraction of sp³-hybridized carbons (Fsp3) is 0.750. The maximum Gasteiger partial charge on any atom is 0.410 e. The van der Waals surface area contributed by atoms with E-state index in [0.29, 0.717) is 31.3 Å². The molecule has 30 heavy (non-hydrogen) atoms. The van der Waals surface area contributed by atoms with Gasteiger partial charge in [0.25, 0.3) is 0 Å².